The summed E-state index contributed by atoms with van der Waals surface area (Å²) < 4.78 is 0. The third kappa shape index (κ3) is 9.82. The summed E-state index contributed by atoms with van der Waals surface area (Å²) in [5.41, 5.74) is 2.28. The second-order valence-corrected chi connectivity index (χ2v) is 7.71. The number of aromatic nitrogens is 2. The number of hydrogen-bond donors (Lipinski definition) is 0. The Balaban J connectivity index is 0.000000455. The van der Waals surface area contributed by atoms with Gasteiger partial charge in [-0.2, -0.15) is 4.98 Å². The molecule has 0 bridgehead atoms. The second kappa shape index (κ2) is 15.2. The van der Waals surface area contributed by atoms with E-state index in [-0.39, 0.29) is 0 Å². The highest BCUT2D eigenvalue weighted by Gasteiger charge is 2.20. The van der Waals surface area contributed by atoms with E-state index >= 15 is 0 Å². The Morgan fingerprint density at radius 1 is 1.06 bits per heavy atom. The molecule has 1 aromatic heterocycles. The van der Waals surface area contributed by atoms with Crippen molar-refractivity contribution in [3.05, 3.63) is 11.8 Å². The molecule has 7 nitrogen and oxygen atoms in total. The maximum absolute atomic E-state index is 4.84. The lowest BCUT2D eigenvalue weighted by molar-refractivity contribution is 0.392. The third-order valence-corrected chi connectivity index (χ3v) is 5.28. The van der Waals surface area contributed by atoms with Crippen LogP contribution in [-0.2, 0) is 0 Å². The highest BCUT2D eigenvalue weighted by Crippen LogP contribution is 2.21. The van der Waals surface area contributed by atoms with E-state index in [4.69, 9.17) is 4.98 Å². The highest BCUT2D eigenvalue weighted by molar-refractivity contribution is 5.81. The molecule has 2 fully saturated rings. The Morgan fingerprint density at radius 3 is 2.16 bits per heavy atom. The van der Waals surface area contributed by atoms with Crippen LogP contribution in [0.2, 0.25) is 0 Å². The molecule has 0 aromatic carbocycles. The molecule has 3 heterocycles. The predicted octanol–water partition coefficient (Wildman–Crippen LogP) is 3.68. The molecule has 0 radical (unpaired) electrons. The Morgan fingerprint density at radius 2 is 1.68 bits per heavy atom. The van der Waals surface area contributed by atoms with Gasteiger partial charge in [-0.25, -0.2) is 4.98 Å². The summed E-state index contributed by atoms with van der Waals surface area (Å²) in [4.78, 5) is 24.5. The van der Waals surface area contributed by atoms with Gasteiger partial charge in [0.15, 0.2) is 0 Å². The molecule has 0 atom stereocenters. The van der Waals surface area contributed by atoms with Gasteiger partial charge in [-0.15, -0.1) is 12.3 Å². The molecule has 0 saturated carbocycles. The zero-order valence-corrected chi connectivity index (χ0v) is 20.4. The maximum atomic E-state index is 4.84. The molecule has 0 unspecified atom stereocenters. The zero-order chi connectivity index (χ0) is 23.1. The first-order valence-electron chi connectivity index (χ1n) is 11.3. The molecule has 172 valence electrons. The minimum atomic E-state index is 0.883. The van der Waals surface area contributed by atoms with Crippen LogP contribution in [0.15, 0.2) is 16.1 Å². The van der Waals surface area contributed by atoms with Gasteiger partial charge in [0.2, 0.25) is 5.95 Å². The van der Waals surface area contributed by atoms with Crippen LogP contribution < -0.4 is 9.80 Å². The SMILES string of the molecule is C#CC.CCC(C)=NC.CN=CN1CCN(c2nc(C)cc(N3CCCCC3)n2)CC1. The van der Waals surface area contributed by atoms with Crippen molar-refractivity contribution in [3.8, 4) is 12.3 Å². The van der Waals surface area contributed by atoms with E-state index in [1.807, 2.05) is 27.4 Å². The van der Waals surface area contributed by atoms with Crippen molar-refractivity contribution >= 4 is 23.8 Å². The summed E-state index contributed by atoms with van der Waals surface area (Å²) >= 11 is 0. The lowest BCUT2D eigenvalue weighted by Gasteiger charge is -2.34. The van der Waals surface area contributed by atoms with E-state index in [0.717, 1.165) is 63.1 Å². The minimum Gasteiger partial charge on any atom is -0.359 e. The first kappa shape index (κ1) is 26.4. The van der Waals surface area contributed by atoms with Gasteiger partial charge in [0.05, 0.1) is 6.34 Å². The Bertz CT molecular complexity index is 722. The summed E-state index contributed by atoms with van der Waals surface area (Å²) in [5, 5.41) is 0. The largest absolute Gasteiger partial charge is 0.359 e. The van der Waals surface area contributed by atoms with E-state index in [1.54, 1.807) is 6.92 Å². The standard InChI is InChI=1S/C16H26N6.C5H11N.C3H4/c1-14-12-15(21-6-4-3-5-7-21)19-16(18-14)22-10-8-20(9-11-22)13-17-2;1-4-5(2)6-3;1-3-2/h12-13H,3-11H2,1-2H3;4H2,1-3H3;1H,2H3. The fourth-order valence-corrected chi connectivity index (χ4v) is 3.32. The second-order valence-electron chi connectivity index (χ2n) is 7.71. The molecule has 2 aliphatic heterocycles. The Hall–Kier alpha value is -2.62. The normalized spacial score (nSPS) is 16.8. The average molecular weight is 428 g/mol. The minimum absolute atomic E-state index is 0.883. The van der Waals surface area contributed by atoms with Gasteiger partial charge in [-0.05, 0) is 46.5 Å². The van der Waals surface area contributed by atoms with Crippen LogP contribution in [-0.4, -0.2) is 80.3 Å². The van der Waals surface area contributed by atoms with E-state index < -0.39 is 0 Å². The van der Waals surface area contributed by atoms with Crippen molar-refractivity contribution in [2.24, 2.45) is 9.98 Å². The van der Waals surface area contributed by atoms with Gasteiger partial charge < -0.3 is 14.7 Å². The molecule has 2 aliphatic rings. The lowest BCUT2D eigenvalue weighted by atomic mass is 10.1. The predicted molar refractivity (Wildman–Crippen MR) is 135 cm³/mol. The smallest absolute Gasteiger partial charge is 0.227 e. The van der Waals surface area contributed by atoms with Gasteiger partial charge in [-0.3, -0.25) is 9.98 Å². The topological polar surface area (TPSA) is 60.2 Å². The molecule has 0 aliphatic carbocycles. The molecule has 7 heteroatoms. The number of piperazine rings is 1. The van der Waals surface area contributed by atoms with Crippen molar-refractivity contribution in [3.63, 3.8) is 0 Å². The van der Waals surface area contributed by atoms with Crippen LogP contribution in [0.1, 0.15) is 52.1 Å². The molecule has 2 saturated heterocycles. The lowest BCUT2D eigenvalue weighted by Crippen LogP contribution is -2.46. The van der Waals surface area contributed by atoms with Crippen LogP contribution in [0.5, 0.6) is 0 Å². The monoisotopic (exact) mass is 427 g/mol. The van der Waals surface area contributed by atoms with Crippen LogP contribution in [0.4, 0.5) is 11.8 Å². The number of anilines is 2. The molecule has 3 rings (SSSR count). The zero-order valence-electron chi connectivity index (χ0n) is 20.4. The number of nitrogens with zero attached hydrogens (tertiary/aromatic N) is 7. The molecule has 0 amide bonds. The van der Waals surface area contributed by atoms with Crippen LogP contribution in [0, 0.1) is 19.3 Å². The van der Waals surface area contributed by atoms with Crippen molar-refractivity contribution in [2.75, 3.05) is 63.2 Å². The average Bonchev–Trinajstić information content (AvgIpc) is 2.80. The fraction of sp³-hybridized carbons (Fsp3) is 0.667. The van der Waals surface area contributed by atoms with Crippen LogP contribution in [0.25, 0.3) is 0 Å². The van der Waals surface area contributed by atoms with Crippen LogP contribution in [0.3, 0.4) is 0 Å². The first-order valence-corrected chi connectivity index (χ1v) is 11.3. The Kier molecular flexibility index (Phi) is 13.0. The number of aliphatic imine (C=N–C) groups is 2. The van der Waals surface area contributed by atoms with E-state index in [0.29, 0.717) is 0 Å². The summed E-state index contributed by atoms with van der Waals surface area (Å²) in [6.07, 6.45) is 11.5. The molecule has 0 N–H and O–H groups in total. The molecule has 0 spiro atoms. The van der Waals surface area contributed by atoms with Gasteiger partial charge in [0.25, 0.3) is 0 Å². The van der Waals surface area contributed by atoms with Crippen molar-refractivity contribution < 1.29 is 0 Å². The molecular formula is C24H41N7. The van der Waals surface area contributed by atoms with Gasteiger partial charge in [0.1, 0.15) is 5.82 Å². The highest BCUT2D eigenvalue weighted by atomic mass is 15.3. The fourth-order valence-electron chi connectivity index (χ4n) is 3.32. The van der Waals surface area contributed by atoms with E-state index in [9.17, 15) is 0 Å². The maximum Gasteiger partial charge on any atom is 0.227 e. The summed E-state index contributed by atoms with van der Waals surface area (Å²) in [5.74, 6) is 4.23. The van der Waals surface area contributed by atoms with Crippen molar-refractivity contribution in [1.29, 1.82) is 0 Å². The number of rotatable bonds is 4. The first-order chi connectivity index (χ1) is 15.0. The van der Waals surface area contributed by atoms with Gasteiger partial charge in [0, 0.05) is 70.8 Å². The molecule has 1 aromatic rings. The summed E-state index contributed by atoms with van der Waals surface area (Å²) in [6, 6.07) is 2.12. The number of aryl methyl sites for hydroxylation is 1. The van der Waals surface area contributed by atoms with Crippen LogP contribution >= 0.6 is 0 Å². The number of piperidine rings is 1. The van der Waals surface area contributed by atoms with E-state index in [2.05, 4.69) is 61.9 Å². The summed E-state index contributed by atoms with van der Waals surface area (Å²) in [6.45, 7) is 14.0. The molecular weight excluding hydrogens is 386 g/mol. The number of hydrogen-bond acceptors (Lipinski definition) is 6. The Labute approximate surface area is 189 Å². The van der Waals surface area contributed by atoms with Crippen molar-refractivity contribution in [1.82, 2.24) is 14.9 Å². The molecule has 31 heavy (non-hydrogen) atoms. The van der Waals surface area contributed by atoms with Gasteiger partial charge >= 0.3 is 0 Å². The van der Waals surface area contributed by atoms with Crippen molar-refractivity contribution in [2.45, 2.75) is 53.4 Å². The quantitative estimate of drug-likeness (QED) is 0.417. The number of terminal acetylenes is 1. The van der Waals surface area contributed by atoms with E-state index in [1.165, 1.54) is 25.0 Å². The third-order valence-electron chi connectivity index (χ3n) is 5.28. The summed E-state index contributed by atoms with van der Waals surface area (Å²) in [7, 11) is 3.64. The van der Waals surface area contributed by atoms with Gasteiger partial charge in [-0.1, -0.05) is 6.92 Å².